The summed E-state index contributed by atoms with van der Waals surface area (Å²) in [6.07, 6.45) is 0. The highest BCUT2D eigenvalue weighted by molar-refractivity contribution is 7.13. The SMILES string of the molecule is Cc1ccc(-c2nnn(Cc3csc(-c4ccc(C)cc4)n3)n2)cc1. The number of benzene rings is 2. The highest BCUT2D eigenvalue weighted by Crippen LogP contribution is 2.24. The molecule has 2 aromatic carbocycles. The van der Waals surface area contributed by atoms with Crippen LogP contribution < -0.4 is 0 Å². The molecule has 2 heterocycles. The molecule has 5 nitrogen and oxygen atoms in total. The van der Waals surface area contributed by atoms with Crippen molar-refractivity contribution >= 4 is 11.3 Å². The molecule has 124 valence electrons. The summed E-state index contributed by atoms with van der Waals surface area (Å²) >= 11 is 1.63. The van der Waals surface area contributed by atoms with Crippen LogP contribution in [0.1, 0.15) is 16.8 Å². The summed E-state index contributed by atoms with van der Waals surface area (Å²) in [5.74, 6) is 0.633. The van der Waals surface area contributed by atoms with E-state index < -0.39 is 0 Å². The van der Waals surface area contributed by atoms with Gasteiger partial charge in [0.25, 0.3) is 0 Å². The van der Waals surface area contributed by atoms with Gasteiger partial charge >= 0.3 is 0 Å². The summed E-state index contributed by atoms with van der Waals surface area (Å²) < 4.78 is 0. The van der Waals surface area contributed by atoms with Crippen molar-refractivity contribution in [2.24, 2.45) is 0 Å². The average molecular weight is 347 g/mol. The summed E-state index contributed by atoms with van der Waals surface area (Å²) in [7, 11) is 0. The number of hydrogen-bond acceptors (Lipinski definition) is 5. The van der Waals surface area contributed by atoms with Crippen LogP contribution in [0.15, 0.2) is 53.9 Å². The number of aromatic nitrogens is 5. The van der Waals surface area contributed by atoms with Crippen molar-refractivity contribution in [1.82, 2.24) is 25.2 Å². The highest BCUT2D eigenvalue weighted by atomic mass is 32.1. The third-order valence-electron chi connectivity index (χ3n) is 3.92. The molecule has 0 radical (unpaired) electrons. The molecule has 0 aliphatic heterocycles. The smallest absolute Gasteiger partial charge is 0.204 e. The maximum Gasteiger partial charge on any atom is 0.204 e. The van der Waals surface area contributed by atoms with E-state index in [2.05, 4.69) is 58.5 Å². The quantitative estimate of drug-likeness (QED) is 0.557. The van der Waals surface area contributed by atoms with Gasteiger partial charge in [-0.05, 0) is 19.1 Å². The Labute approximate surface area is 150 Å². The van der Waals surface area contributed by atoms with E-state index in [0.29, 0.717) is 12.4 Å². The zero-order chi connectivity index (χ0) is 17.2. The zero-order valence-corrected chi connectivity index (χ0v) is 14.9. The molecule has 0 saturated heterocycles. The van der Waals surface area contributed by atoms with E-state index in [1.54, 1.807) is 16.1 Å². The van der Waals surface area contributed by atoms with Crippen LogP contribution in [0.4, 0.5) is 0 Å². The fraction of sp³-hybridized carbons (Fsp3) is 0.158. The molecule has 0 atom stereocenters. The molecule has 0 aliphatic carbocycles. The van der Waals surface area contributed by atoms with Gasteiger partial charge in [-0.3, -0.25) is 0 Å². The van der Waals surface area contributed by atoms with Crippen LogP contribution in [0, 0.1) is 13.8 Å². The molecule has 0 saturated carbocycles. The number of rotatable bonds is 4. The number of hydrogen-bond donors (Lipinski definition) is 0. The molecule has 4 rings (SSSR count). The lowest BCUT2D eigenvalue weighted by atomic mass is 10.1. The van der Waals surface area contributed by atoms with Crippen LogP contribution in [0.2, 0.25) is 0 Å². The van der Waals surface area contributed by atoms with Crippen molar-refractivity contribution in [3.8, 4) is 22.0 Å². The molecular weight excluding hydrogens is 330 g/mol. The lowest BCUT2D eigenvalue weighted by Gasteiger charge is -1.97. The van der Waals surface area contributed by atoms with Crippen molar-refractivity contribution in [2.75, 3.05) is 0 Å². The summed E-state index contributed by atoms with van der Waals surface area (Å²) in [6.45, 7) is 4.65. The van der Waals surface area contributed by atoms with Crippen LogP contribution in [-0.4, -0.2) is 25.2 Å². The zero-order valence-electron chi connectivity index (χ0n) is 14.0. The van der Waals surface area contributed by atoms with Crippen LogP contribution in [0.25, 0.3) is 22.0 Å². The second-order valence-corrected chi connectivity index (χ2v) is 6.88. The van der Waals surface area contributed by atoms with E-state index in [4.69, 9.17) is 0 Å². The summed E-state index contributed by atoms with van der Waals surface area (Å²) in [4.78, 5) is 6.28. The van der Waals surface area contributed by atoms with Crippen LogP contribution in [0.5, 0.6) is 0 Å². The van der Waals surface area contributed by atoms with Gasteiger partial charge in [-0.15, -0.1) is 21.5 Å². The van der Waals surface area contributed by atoms with Crippen molar-refractivity contribution in [1.29, 1.82) is 0 Å². The molecule has 2 aromatic heterocycles. The largest absolute Gasteiger partial charge is 0.239 e. The molecule has 4 aromatic rings. The van der Waals surface area contributed by atoms with Crippen molar-refractivity contribution in [3.05, 3.63) is 70.7 Å². The Bertz CT molecular complexity index is 902. The van der Waals surface area contributed by atoms with E-state index >= 15 is 0 Å². The minimum absolute atomic E-state index is 0.515. The maximum absolute atomic E-state index is 4.69. The Morgan fingerprint density at radius 3 is 2.20 bits per heavy atom. The first kappa shape index (κ1) is 15.7. The molecule has 0 fully saturated rings. The first-order valence-electron chi connectivity index (χ1n) is 8.04. The van der Waals surface area contributed by atoms with E-state index in [1.807, 2.05) is 29.6 Å². The van der Waals surface area contributed by atoms with Gasteiger partial charge in [0.1, 0.15) is 11.6 Å². The highest BCUT2D eigenvalue weighted by Gasteiger charge is 2.09. The summed E-state index contributed by atoms with van der Waals surface area (Å²) in [5.41, 5.74) is 5.50. The van der Waals surface area contributed by atoms with E-state index in [0.717, 1.165) is 21.8 Å². The third-order valence-corrected chi connectivity index (χ3v) is 4.86. The van der Waals surface area contributed by atoms with E-state index in [-0.39, 0.29) is 0 Å². The topological polar surface area (TPSA) is 56.5 Å². The van der Waals surface area contributed by atoms with Gasteiger partial charge in [0.05, 0.1) is 5.69 Å². The molecule has 0 N–H and O–H groups in total. The molecule has 0 bridgehead atoms. The Morgan fingerprint density at radius 1 is 0.880 bits per heavy atom. The van der Waals surface area contributed by atoms with Gasteiger partial charge < -0.3 is 0 Å². The molecule has 0 aliphatic rings. The Hall–Kier alpha value is -2.86. The van der Waals surface area contributed by atoms with Crippen LogP contribution in [0.3, 0.4) is 0 Å². The van der Waals surface area contributed by atoms with Gasteiger partial charge in [-0.2, -0.15) is 4.80 Å². The van der Waals surface area contributed by atoms with Crippen LogP contribution >= 0.6 is 11.3 Å². The minimum atomic E-state index is 0.515. The Balaban J connectivity index is 1.51. The fourth-order valence-electron chi connectivity index (χ4n) is 2.48. The molecular formula is C19H17N5S. The van der Waals surface area contributed by atoms with Crippen LogP contribution in [-0.2, 0) is 6.54 Å². The molecule has 0 unspecified atom stereocenters. The Morgan fingerprint density at radius 2 is 1.52 bits per heavy atom. The van der Waals surface area contributed by atoms with Gasteiger partial charge in [-0.25, -0.2) is 4.98 Å². The first-order valence-corrected chi connectivity index (χ1v) is 8.92. The van der Waals surface area contributed by atoms with E-state index in [9.17, 15) is 0 Å². The van der Waals surface area contributed by atoms with E-state index in [1.165, 1.54) is 11.1 Å². The Kier molecular flexibility index (Phi) is 4.11. The van der Waals surface area contributed by atoms with Gasteiger partial charge in [-0.1, -0.05) is 59.7 Å². The molecule has 6 heteroatoms. The van der Waals surface area contributed by atoms with Crippen molar-refractivity contribution in [2.45, 2.75) is 20.4 Å². The molecule has 25 heavy (non-hydrogen) atoms. The number of tetrazole rings is 1. The van der Waals surface area contributed by atoms with Crippen molar-refractivity contribution < 1.29 is 0 Å². The normalized spacial score (nSPS) is 11.0. The van der Waals surface area contributed by atoms with Gasteiger partial charge in [0, 0.05) is 16.5 Å². The second-order valence-electron chi connectivity index (χ2n) is 6.02. The minimum Gasteiger partial charge on any atom is -0.239 e. The van der Waals surface area contributed by atoms with Gasteiger partial charge in [0.2, 0.25) is 5.82 Å². The molecule has 0 amide bonds. The average Bonchev–Trinajstić information content (AvgIpc) is 3.27. The third kappa shape index (κ3) is 3.49. The predicted molar refractivity (Wildman–Crippen MR) is 99.4 cm³/mol. The fourth-order valence-corrected chi connectivity index (χ4v) is 3.30. The molecule has 0 spiro atoms. The number of aryl methyl sites for hydroxylation is 2. The second kappa shape index (κ2) is 6.57. The monoisotopic (exact) mass is 347 g/mol. The number of thiazole rings is 1. The standard InChI is InChI=1S/C19H17N5S/c1-13-3-7-15(8-4-13)18-21-23-24(22-18)11-17-12-25-19(20-17)16-9-5-14(2)6-10-16/h3-10,12H,11H2,1-2H3. The van der Waals surface area contributed by atoms with Crippen molar-refractivity contribution in [3.63, 3.8) is 0 Å². The van der Waals surface area contributed by atoms with Gasteiger partial charge in [0.15, 0.2) is 0 Å². The lowest BCUT2D eigenvalue weighted by Crippen LogP contribution is -2.04. The number of nitrogens with zero attached hydrogens (tertiary/aromatic N) is 5. The maximum atomic E-state index is 4.69. The summed E-state index contributed by atoms with van der Waals surface area (Å²) in [5, 5.41) is 15.8. The first-order chi connectivity index (χ1) is 12.2. The lowest BCUT2D eigenvalue weighted by molar-refractivity contribution is 0.566. The summed E-state index contributed by atoms with van der Waals surface area (Å²) in [6, 6.07) is 16.5. The predicted octanol–water partition coefficient (Wildman–Crippen LogP) is 4.13.